The Hall–Kier alpha value is -1.94. The smallest absolute Gasteiger partial charge is 0.340 e. The number of imidazole rings is 2. The summed E-state index contributed by atoms with van der Waals surface area (Å²) in [6, 6.07) is 10.9. The van der Waals surface area contributed by atoms with Gasteiger partial charge in [0.2, 0.25) is 14.7 Å². The van der Waals surface area contributed by atoms with Gasteiger partial charge in [-0.2, -0.15) is 0 Å². The van der Waals surface area contributed by atoms with E-state index < -0.39 is 40.7 Å². The number of fused-ring (bicyclic) bond motifs is 2. The molecule has 4 aromatic rings. The molecule has 2 aromatic carbocycles. The predicted molar refractivity (Wildman–Crippen MR) is 152 cm³/mol. The lowest BCUT2D eigenvalue weighted by Crippen LogP contribution is -2.16. The number of para-hydroxylation sites is 1. The van der Waals surface area contributed by atoms with Crippen LogP contribution in [0.4, 0.5) is 0 Å². The molecule has 0 bridgehead atoms. The van der Waals surface area contributed by atoms with Crippen LogP contribution in [-0.4, -0.2) is 72.6 Å². The van der Waals surface area contributed by atoms with Crippen LogP contribution in [0, 0.1) is 13.8 Å². The number of benzene rings is 2. The Morgan fingerprint density at radius 1 is 0.725 bits per heavy atom. The quantitative estimate of drug-likeness (QED) is 0.153. The molecule has 2 aromatic heterocycles. The normalized spacial score (nSPS) is 17.1. The summed E-state index contributed by atoms with van der Waals surface area (Å²) in [7, 11) is -17.3. The third kappa shape index (κ3) is 7.87. The molecule has 14 nitrogen and oxygen atoms in total. The van der Waals surface area contributed by atoms with Crippen molar-refractivity contribution < 1.29 is 47.6 Å². The summed E-state index contributed by atoms with van der Waals surface area (Å²) in [6.45, 7) is 5.14. The molecule has 4 unspecified atom stereocenters. The first kappa shape index (κ1) is 32.6. The summed E-state index contributed by atoms with van der Waals surface area (Å²) in [4.78, 5) is 64.6. The second-order valence-corrected chi connectivity index (χ2v) is 19.2. The maximum Gasteiger partial charge on any atom is 0.340 e. The average molecular weight is 636 g/mol. The van der Waals surface area contributed by atoms with E-state index in [4.69, 9.17) is 0 Å². The fourth-order valence-electron chi connectivity index (χ4n) is 4.19. The number of aromatic nitrogens is 4. The molecule has 0 aliphatic heterocycles. The average Bonchev–Trinajstić information content (AvgIpc) is 3.37. The van der Waals surface area contributed by atoms with E-state index in [1.54, 1.807) is 12.1 Å². The highest BCUT2D eigenvalue weighted by Gasteiger charge is 2.42. The summed E-state index contributed by atoms with van der Waals surface area (Å²) < 4.78 is 49.4. The topological polar surface area (TPSA) is 225 Å². The van der Waals surface area contributed by atoms with Crippen LogP contribution in [0.15, 0.2) is 49.1 Å². The van der Waals surface area contributed by atoms with Crippen LogP contribution < -0.4 is 0 Å². The van der Waals surface area contributed by atoms with E-state index >= 15 is 0 Å². The lowest BCUT2D eigenvalue weighted by Gasteiger charge is -2.22. The first-order valence-corrected chi connectivity index (χ1v) is 19.4. The highest BCUT2D eigenvalue weighted by molar-refractivity contribution is 7.73. The Bertz CT molecular complexity index is 1670. The first-order valence-electron chi connectivity index (χ1n) is 11.7. The van der Waals surface area contributed by atoms with Crippen molar-refractivity contribution in [1.82, 2.24) is 19.1 Å². The van der Waals surface area contributed by atoms with Gasteiger partial charge >= 0.3 is 15.2 Å². The highest BCUT2D eigenvalue weighted by Crippen LogP contribution is 2.61. The fraction of sp³-hybridized carbons (Fsp3) is 0.364. The van der Waals surface area contributed by atoms with Crippen molar-refractivity contribution in [2.75, 3.05) is 13.3 Å². The molecule has 6 N–H and O–H groups in total. The van der Waals surface area contributed by atoms with E-state index in [1.807, 2.05) is 38.1 Å². The Kier molecular flexibility index (Phi) is 9.56. The maximum atomic E-state index is 11.7. The Morgan fingerprint density at radius 3 is 1.75 bits per heavy atom. The van der Waals surface area contributed by atoms with E-state index in [0.29, 0.717) is 22.1 Å². The molecule has 0 saturated carbocycles. The van der Waals surface area contributed by atoms with Gasteiger partial charge in [0.1, 0.15) is 0 Å². The van der Waals surface area contributed by atoms with Crippen LogP contribution in [-0.2, 0) is 31.3 Å². The number of aryl methyl sites for hydroxylation is 2. The summed E-state index contributed by atoms with van der Waals surface area (Å²) in [5, 5.41) is -3.26. The van der Waals surface area contributed by atoms with Gasteiger partial charge in [-0.25, -0.2) is 9.97 Å². The van der Waals surface area contributed by atoms with Crippen molar-refractivity contribution >= 4 is 52.0 Å². The SMILES string of the molecule is Cc1ccc2ncn(CC(P(C)(=O)O)P(=O)(O)O)c2c1.Cc1cccc2ncn(CC(P(C)(=O)O)P(=O)(O)O)c12. The second-order valence-electron chi connectivity index (χ2n) is 9.75. The monoisotopic (exact) mass is 636 g/mol. The molecule has 2 heterocycles. The van der Waals surface area contributed by atoms with Gasteiger partial charge in [0.25, 0.3) is 0 Å². The molecule has 4 atom stereocenters. The van der Waals surface area contributed by atoms with Gasteiger partial charge in [0.15, 0.2) is 10.8 Å². The van der Waals surface area contributed by atoms with Gasteiger partial charge in [0, 0.05) is 26.4 Å². The number of nitrogens with zero attached hydrogens (tertiary/aromatic N) is 4. The standard InChI is InChI=1S/2C11H16N2O5P2/c1-8-3-4-9-10(5-8)13(7-12-9)6-11(19(2,14)15)20(16,17)18;1-8-4-3-5-9-11(8)13(7-12-9)6-10(19(2,14)15)20(16,17)18/h3-5,7,11H,6H2,1-2H3,(H,14,15)(H2,16,17,18);3-5,7,10H,6H2,1-2H3,(H,14,15)(H2,16,17,18). The lowest BCUT2D eigenvalue weighted by atomic mass is 10.2. The van der Waals surface area contributed by atoms with Crippen molar-refractivity contribution in [3.05, 3.63) is 60.2 Å². The largest absolute Gasteiger partial charge is 0.344 e. The van der Waals surface area contributed by atoms with Gasteiger partial charge in [-0.15, -0.1) is 0 Å². The minimum atomic E-state index is -4.69. The van der Waals surface area contributed by atoms with E-state index in [0.717, 1.165) is 24.5 Å². The Morgan fingerprint density at radius 2 is 1.23 bits per heavy atom. The van der Waals surface area contributed by atoms with Crippen LogP contribution in [0.2, 0.25) is 0 Å². The van der Waals surface area contributed by atoms with Crippen molar-refractivity contribution in [1.29, 1.82) is 0 Å². The minimum Gasteiger partial charge on any atom is -0.344 e. The van der Waals surface area contributed by atoms with E-state index in [-0.39, 0.29) is 13.1 Å². The van der Waals surface area contributed by atoms with Gasteiger partial charge in [-0.3, -0.25) is 18.3 Å². The third-order valence-electron chi connectivity index (χ3n) is 6.22. The molecule has 18 heteroatoms. The summed E-state index contributed by atoms with van der Waals surface area (Å²) in [5.41, 5.74) is 4.59. The van der Waals surface area contributed by atoms with Crippen LogP contribution in [0.5, 0.6) is 0 Å². The van der Waals surface area contributed by atoms with E-state index in [2.05, 4.69) is 9.97 Å². The van der Waals surface area contributed by atoms with Gasteiger partial charge in [-0.05, 0) is 43.2 Å². The molecule has 0 amide bonds. The zero-order valence-electron chi connectivity index (χ0n) is 22.1. The summed E-state index contributed by atoms with van der Waals surface area (Å²) in [6.07, 6.45) is 2.85. The van der Waals surface area contributed by atoms with Crippen LogP contribution in [0.25, 0.3) is 22.1 Å². The molecule has 0 aliphatic carbocycles. The lowest BCUT2D eigenvalue weighted by molar-refractivity contribution is 0.355. The minimum absolute atomic E-state index is 0.254. The van der Waals surface area contributed by atoms with Gasteiger partial charge in [0.05, 0.1) is 34.7 Å². The molecule has 0 spiro atoms. The molecule has 4 rings (SSSR count). The number of hydrogen-bond donors (Lipinski definition) is 6. The van der Waals surface area contributed by atoms with Crippen LogP contribution in [0.1, 0.15) is 11.1 Å². The fourth-order valence-corrected chi connectivity index (χ4v) is 10.4. The summed E-state index contributed by atoms with van der Waals surface area (Å²) in [5.74, 6) is 0. The van der Waals surface area contributed by atoms with Crippen molar-refractivity contribution in [2.24, 2.45) is 0 Å². The molecule has 0 fully saturated rings. The molecule has 40 heavy (non-hydrogen) atoms. The molecular weight excluding hydrogens is 604 g/mol. The van der Waals surface area contributed by atoms with E-state index in [1.165, 1.54) is 21.8 Å². The molecule has 0 radical (unpaired) electrons. The molecule has 0 aliphatic rings. The van der Waals surface area contributed by atoms with Crippen molar-refractivity contribution in [2.45, 2.75) is 37.7 Å². The Labute approximate surface area is 229 Å². The van der Waals surface area contributed by atoms with Gasteiger partial charge < -0.3 is 38.5 Å². The number of hydrogen-bond acceptors (Lipinski definition) is 6. The molecule has 220 valence electrons. The molecular formula is C22H32N4O10P4. The van der Waals surface area contributed by atoms with Crippen molar-refractivity contribution in [3.63, 3.8) is 0 Å². The van der Waals surface area contributed by atoms with Gasteiger partial charge in [-0.1, -0.05) is 18.2 Å². The zero-order valence-corrected chi connectivity index (χ0v) is 25.7. The third-order valence-corrected chi connectivity index (χ3v) is 15.0. The van der Waals surface area contributed by atoms with Crippen LogP contribution >= 0.6 is 29.9 Å². The predicted octanol–water partition coefficient (Wildman–Crippen LogP) is 3.50. The van der Waals surface area contributed by atoms with E-state index in [9.17, 15) is 47.6 Å². The molecule has 0 saturated heterocycles. The van der Waals surface area contributed by atoms with Crippen molar-refractivity contribution in [3.8, 4) is 0 Å². The zero-order chi connectivity index (χ0) is 30.3. The number of rotatable bonds is 8. The maximum absolute atomic E-state index is 11.7. The summed E-state index contributed by atoms with van der Waals surface area (Å²) >= 11 is 0. The Balaban J connectivity index is 0.000000220. The highest BCUT2D eigenvalue weighted by atomic mass is 31.2. The van der Waals surface area contributed by atoms with Crippen LogP contribution in [0.3, 0.4) is 0 Å². The second kappa shape index (κ2) is 11.7. The first-order chi connectivity index (χ1) is 18.2.